The van der Waals surface area contributed by atoms with Crippen molar-refractivity contribution in [2.24, 2.45) is 0 Å². The topological polar surface area (TPSA) is 78.4 Å². The van der Waals surface area contributed by atoms with Gasteiger partial charge in [0.1, 0.15) is 0 Å². The maximum Gasteiger partial charge on any atom is 0.260 e. The monoisotopic (exact) mass is 301 g/mol. The second-order valence-corrected chi connectivity index (χ2v) is 4.54. The van der Waals surface area contributed by atoms with Crippen molar-refractivity contribution in [2.75, 3.05) is 21.3 Å². The molecule has 0 saturated heterocycles. The number of hydrogen-bond donors (Lipinski definition) is 1. The van der Waals surface area contributed by atoms with Gasteiger partial charge in [-0.15, -0.1) is 0 Å². The zero-order chi connectivity index (χ0) is 15.7. The van der Waals surface area contributed by atoms with Gasteiger partial charge in [-0.1, -0.05) is 0 Å². The SMILES string of the molecule is COc1cc(-n2ccc3c(=O)[nH]cnc32)cc(OC)c1OC. The molecule has 0 aliphatic rings. The van der Waals surface area contributed by atoms with Crippen LogP contribution >= 0.6 is 0 Å². The fraction of sp³-hybridized carbons (Fsp3) is 0.200. The van der Waals surface area contributed by atoms with E-state index in [0.717, 1.165) is 5.69 Å². The van der Waals surface area contributed by atoms with Crippen molar-refractivity contribution in [3.05, 3.63) is 41.1 Å². The maximum absolute atomic E-state index is 11.8. The number of nitrogens with one attached hydrogen (secondary N) is 1. The molecule has 7 heteroatoms. The molecule has 3 rings (SSSR count). The van der Waals surface area contributed by atoms with E-state index in [1.54, 1.807) is 50.3 Å². The third-order valence-electron chi connectivity index (χ3n) is 3.41. The molecule has 0 amide bonds. The molecule has 2 aromatic heterocycles. The Balaban J connectivity index is 2.27. The summed E-state index contributed by atoms with van der Waals surface area (Å²) in [6, 6.07) is 5.30. The summed E-state index contributed by atoms with van der Waals surface area (Å²) < 4.78 is 17.8. The summed E-state index contributed by atoms with van der Waals surface area (Å²) in [5, 5.41) is 0.510. The second-order valence-electron chi connectivity index (χ2n) is 4.54. The minimum atomic E-state index is -0.184. The highest BCUT2D eigenvalue weighted by atomic mass is 16.5. The van der Waals surface area contributed by atoms with E-state index in [2.05, 4.69) is 9.97 Å². The minimum absolute atomic E-state index is 0.184. The Kier molecular flexibility index (Phi) is 3.46. The number of nitrogens with zero attached hydrogens (tertiary/aromatic N) is 2. The molecule has 0 unspecified atom stereocenters. The average Bonchev–Trinajstić information content (AvgIpc) is 2.98. The van der Waals surface area contributed by atoms with Crippen LogP contribution in [0.2, 0.25) is 0 Å². The Bertz CT molecular complexity index is 857. The summed E-state index contributed by atoms with van der Waals surface area (Å²) in [4.78, 5) is 18.6. The standard InChI is InChI=1S/C15H15N3O4/c1-20-11-6-9(7-12(21-2)13(11)22-3)18-5-4-10-14(18)16-8-17-15(10)19/h4-8H,1-3H3,(H,16,17,19). The van der Waals surface area contributed by atoms with Crippen LogP contribution in [0.4, 0.5) is 0 Å². The minimum Gasteiger partial charge on any atom is -0.493 e. The van der Waals surface area contributed by atoms with E-state index in [-0.39, 0.29) is 5.56 Å². The highest BCUT2D eigenvalue weighted by Crippen LogP contribution is 2.39. The molecule has 1 aromatic carbocycles. The molecule has 0 radical (unpaired) electrons. The maximum atomic E-state index is 11.8. The average molecular weight is 301 g/mol. The Labute approximate surface area is 126 Å². The van der Waals surface area contributed by atoms with Crippen LogP contribution in [-0.2, 0) is 0 Å². The summed E-state index contributed by atoms with van der Waals surface area (Å²) in [5.74, 6) is 1.57. The van der Waals surface area contributed by atoms with Crippen molar-refractivity contribution in [3.63, 3.8) is 0 Å². The van der Waals surface area contributed by atoms with Crippen LogP contribution in [0.5, 0.6) is 17.2 Å². The number of methoxy groups -OCH3 is 3. The Morgan fingerprint density at radius 1 is 1.09 bits per heavy atom. The molecule has 3 aromatic rings. The Morgan fingerprint density at radius 2 is 1.77 bits per heavy atom. The molecule has 0 saturated carbocycles. The number of fused-ring (bicyclic) bond motifs is 1. The highest BCUT2D eigenvalue weighted by molar-refractivity contribution is 5.77. The van der Waals surface area contributed by atoms with E-state index in [9.17, 15) is 4.79 Å². The number of ether oxygens (including phenoxy) is 3. The van der Waals surface area contributed by atoms with Crippen molar-refractivity contribution >= 4 is 11.0 Å². The van der Waals surface area contributed by atoms with Gasteiger partial charge in [0.15, 0.2) is 17.1 Å². The zero-order valence-corrected chi connectivity index (χ0v) is 12.4. The van der Waals surface area contributed by atoms with E-state index < -0.39 is 0 Å². The van der Waals surface area contributed by atoms with Gasteiger partial charge < -0.3 is 23.8 Å². The molecule has 0 aliphatic carbocycles. The quantitative estimate of drug-likeness (QED) is 0.794. The third kappa shape index (κ3) is 2.07. The third-order valence-corrected chi connectivity index (χ3v) is 3.41. The number of hydrogen-bond acceptors (Lipinski definition) is 5. The molecule has 0 aliphatic heterocycles. The molecule has 2 heterocycles. The lowest BCUT2D eigenvalue weighted by atomic mass is 10.2. The van der Waals surface area contributed by atoms with Gasteiger partial charge >= 0.3 is 0 Å². The summed E-state index contributed by atoms with van der Waals surface area (Å²) in [7, 11) is 4.65. The van der Waals surface area contributed by atoms with E-state index >= 15 is 0 Å². The zero-order valence-electron chi connectivity index (χ0n) is 12.4. The number of H-pyrrole nitrogens is 1. The summed E-state index contributed by atoms with van der Waals surface area (Å²) in [6.45, 7) is 0. The van der Waals surface area contributed by atoms with Crippen LogP contribution < -0.4 is 19.8 Å². The normalized spacial score (nSPS) is 10.7. The summed E-state index contributed by atoms with van der Waals surface area (Å²) in [5.41, 5.74) is 1.12. The number of aromatic nitrogens is 3. The lowest BCUT2D eigenvalue weighted by Crippen LogP contribution is -2.06. The van der Waals surface area contributed by atoms with Gasteiger partial charge in [-0.25, -0.2) is 4.98 Å². The van der Waals surface area contributed by atoms with Crippen LogP contribution in [0.1, 0.15) is 0 Å². The van der Waals surface area contributed by atoms with E-state index in [1.807, 2.05) is 0 Å². The molecule has 0 bridgehead atoms. The lowest BCUT2D eigenvalue weighted by molar-refractivity contribution is 0.324. The fourth-order valence-electron chi connectivity index (χ4n) is 2.38. The van der Waals surface area contributed by atoms with Crippen LogP contribution in [0, 0.1) is 0 Å². The lowest BCUT2D eigenvalue weighted by Gasteiger charge is -2.14. The van der Waals surface area contributed by atoms with Gasteiger partial charge in [-0.2, -0.15) is 0 Å². The van der Waals surface area contributed by atoms with E-state index in [0.29, 0.717) is 28.3 Å². The van der Waals surface area contributed by atoms with Gasteiger partial charge in [-0.05, 0) is 6.07 Å². The van der Waals surface area contributed by atoms with E-state index in [1.165, 1.54) is 6.33 Å². The molecular weight excluding hydrogens is 286 g/mol. The molecule has 0 fully saturated rings. The van der Waals surface area contributed by atoms with Crippen molar-refractivity contribution < 1.29 is 14.2 Å². The largest absolute Gasteiger partial charge is 0.493 e. The fourth-order valence-corrected chi connectivity index (χ4v) is 2.38. The number of rotatable bonds is 4. The highest BCUT2D eigenvalue weighted by Gasteiger charge is 2.15. The van der Waals surface area contributed by atoms with Gasteiger partial charge in [0, 0.05) is 18.3 Å². The molecule has 114 valence electrons. The molecular formula is C15H15N3O4. The first kappa shape index (κ1) is 14.0. The molecule has 22 heavy (non-hydrogen) atoms. The molecule has 0 atom stereocenters. The van der Waals surface area contributed by atoms with Crippen LogP contribution in [0.15, 0.2) is 35.5 Å². The van der Waals surface area contributed by atoms with Gasteiger partial charge in [-0.3, -0.25) is 4.79 Å². The summed E-state index contributed by atoms with van der Waals surface area (Å²) >= 11 is 0. The Hall–Kier alpha value is -2.96. The predicted octanol–water partition coefficient (Wildman–Crippen LogP) is 1.74. The molecule has 7 nitrogen and oxygen atoms in total. The second kappa shape index (κ2) is 5.44. The van der Waals surface area contributed by atoms with Crippen LogP contribution in [0.25, 0.3) is 16.7 Å². The molecule has 1 N–H and O–H groups in total. The predicted molar refractivity (Wildman–Crippen MR) is 81.3 cm³/mol. The van der Waals surface area contributed by atoms with Crippen molar-refractivity contribution in [3.8, 4) is 22.9 Å². The first-order valence-corrected chi connectivity index (χ1v) is 6.54. The summed E-state index contributed by atoms with van der Waals surface area (Å²) in [6.07, 6.45) is 3.15. The van der Waals surface area contributed by atoms with Crippen molar-refractivity contribution in [1.29, 1.82) is 0 Å². The smallest absolute Gasteiger partial charge is 0.260 e. The van der Waals surface area contributed by atoms with E-state index in [4.69, 9.17) is 14.2 Å². The van der Waals surface area contributed by atoms with Crippen LogP contribution in [0.3, 0.4) is 0 Å². The van der Waals surface area contributed by atoms with Gasteiger partial charge in [0.2, 0.25) is 5.75 Å². The van der Waals surface area contributed by atoms with Crippen LogP contribution in [-0.4, -0.2) is 35.9 Å². The first-order chi connectivity index (χ1) is 10.7. The number of aromatic amines is 1. The first-order valence-electron chi connectivity index (χ1n) is 6.54. The van der Waals surface area contributed by atoms with Crippen molar-refractivity contribution in [2.45, 2.75) is 0 Å². The van der Waals surface area contributed by atoms with Gasteiger partial charge in [0.25, 0.3) is 5.56 Å². The Morgan fingerprint density at radius 3 is 2.36 bits per heavy atom. The van der Waals surface area contributed by atoms with Gasteiger partial charge in [0.05, 0.1) is 38.7 Å². The molecule has 0 spiro atoms. The number of benzene rings is 1. The van der Waals surface area contributed by atoms with Crippen molar-refractivity contribution in [1.82, 2.24) is 14.5 Å².